The first-order valence-electron chi connectivity index (χ1n) is 9.77. The molecule has 0 aliphatic heterocycles. The Hall–Kier alpha value is -1.12. The minimum Gasteiger partial charge on any atom is -0.459 e. The van der Waals surface area contributed by atoms with Crippen LogP contribution in [0.2, 0.25) is 0 Å². The van der Waals surface area contributed by atoms with Gasteiger partial charge in [-0.05, 0) is 81.6 Å². The second-order valence-electron chi connectivity index (χ2n) is 9.12. The molecular formula is C21H30O3. The van der Waals surface area contributed by atoms with Crippen LogP contribution < -0.4 is 0 Å². The first-order valence-corrected chi connectivity index (χ1v) is 9.77. The van der Waals surface area contributed by atoms with Gasteiger partial charge in [0.15, 0.2) is 5.78 Å². The smallest absolute Gasteiger partial charge is 0.303 e. The third-order valence-electron chi connectivity index (χ3n) is 8.20. The first kappa shape index (κ1) is 16.4. The molecule has 0 aromatic carbocycles. The molecule has 0 N–H and O–H groups in total. The van der Waals surface area contributed by atoms with Gasteiger partial charge in [-0.3, -0.25) is 9.59 Å². The van der Waals surface area contributed by atoms with Gasteiger partial charge in [0, 0.05) is 18.8 Å². The molecule has 0 spiro atoms. The average Bonchev–Trinajstić information content (AvgIpc) is 2.77. The summed E-state index contributed by atoms with van der Waals surface area (Å²) < 4.78 is 5.88. The lowest BCUT2D eigenvalue weighted by Gasteiger charge is -2.55. The van der Waals surface area contributed by atoms with Crippen LogP contribution in [0.25, 0.3) is 0 Å². The summed E-state index contributed by atoms with van der Waals surface area (Å²) in [7, 11) is 0. The minimum atomic E-state index is -0.298. The Balaban J connectivity index is 1.61. The van der Waals surface area contributed by atoms with Crippen LogP contribution in [0.15, 0.2) is 11.6 Å². The summed E-state index contributed by atoms with van der Waals surface area (Å²) in [6, 6.07) is 0. The summed E-state index contributed by atoms with van der Waals surface area (Å²) in [6.07, 6.45) is 10.7. The molecule has 24 heavy (non-hydrogen) atoms. The van der Waals surface area contributed by atoms with E-state index in [2.05, 4.69) is 13.8 Å². The summed E-state index contributed by atoms with van der Waals surface area (Å²) in [4.78, 5) is 23.4. The first-order chi connectivity index (χ1) is 11.3. The van der Waals surface area contributed by atoms with Crippen molar-refractivity contribution in [1.82, 2.24) is 0 Å². The Kier molecular flexibility index (Phi) is 3.71. The van der Waals surface area contributed by atoms with E-state index in [1.165, 1.54) is 24.8 Å². The predicted molar refractivity (Wildman–Crippen MR) is 92.3 cm³/mol. The highest BCUT2D eigenvalue weighted by atomic mass is 16.6. The van der Waals surface area contributed by atoms with Crippen LogP contribution in [0, 0.1) is 29.1 Å². The van der Waals surface area contributed by atoms with Gasteiger partial charge in [-0.15, -0.1) is 0 Å². The maximum absolute atomic E-state index is 11.8. The van der Waals surface area contributed by atoms with Crippen LogP contribution in [0.4, 0.5) is 0 Å². The number of hydrogen-bond donors (Lipinski definition) is 0. The van der Waals surface area contributed by atoms with Gasteiger partial charge in [-0.1, -0.05) is 12.5 Å². The zero-order valence-electron chi connectivity index (χ0n) is 15.3. The number of ether oxygens (including phenoxy) is 1. The molecule has 0 radical (unpaired) electrons. The molecule has 0 aromatic rings. The Morgan fingerprint density at radius 2 is 1.88 bits per heavy atom. The standard InChI is InChI=1S/C21H30O3/c1-13(22)24-21(3)11-9-19-18-6-4-14-12-15(23)5-7-16(14)17(18)8-10-20(19,21)2/h12,16-19H,4-11H2,1-3H3/t16-,17-,18-,19+,20-,21-/m0/s1. The quantitative estimate of drug-likeness (QED) is 0.667. The maximum Gasteiger partial charge on any atom is 0.303 e. The molecule has 0 bridgehead atoms. The van der Waals surface area contributed by atoms with E-state index in [1.807, 2.05) is 6.08 Å². The van der Waals surface area contributed by atoms with Crippen LogP contribution >= 0.6 is 0 Å². The van der Waals surface area contributed by atoms with Gasteiger partial charge < -0.3 is 4.74 Å². The van der Waals surface area contributed by atoms with Crippen LogP contribution in [0.5, 0.6) is 0 Å². The molecule has 3 heteroatoms. The number of carbonyl (C=O) groups excluding carboxylic acids is 2. The van der Waals surface area contributed by atoms with Crippen LogP contribution in [-0.2, 0) is 14.3 Å². The highest BCUT2D eigenvalue weighted by molar-refractivity contribution is 5.91. The van der Waals surface area contributed by atoms with Gasteiger partial charge in [0.25, 0.3) is 0 Å². The van der Waals surface area contributed by atoms with E-state index in [4.69, 9.17) is 4.74 Å². The van der Waals surface area contributed by atoms with Crippen molar-refractivity contribution in [3.05, 3.63) is 11.6 Å². The van der Waals surface area contributed by atoms with Crippen molar-refractivity contribution in [1.29, 1.82) is 0 Å². The van der Waals surface area contributed by atoms with Crippen molar-refractivity contribution in [3.8, 4) is 0 Å². The molecule has 3 saturated carbocycles. The van der Waals surface area contributed by atoms with Crippen molar-refractivity contribution in [2.75, 3.05) is 0 Å². The summed E-state index contributed by atoms with van der Waals surface area (Å²) >= 11 is 0. The number of carbonyl (C=O) groups is 2. The summed E-state index contributed by atoms with van der Waals surface area (Å²) in [5.41, 5.74) is 1.26. The Morgan fingerprint density at radius 3 is 2.62 bits per heavy atom. The fraction of sp³-hybridized carbons (Fsp3) is 0.810. The second kappa shape index (κ2) is 5.44. The highest BCUT2D eigenvalue weighted by Gasteiger charge is 2.62. The fourth-order valence-corrected chi connectivity index (χ4v) is 6.89. The van der Waals surface area contributed by atoms with Crippen molar-refractivity contribution in [3.63, 3.8) is 0 Å². The van der Waals surface area contributed by atoms with Gasteiger partial charge in [0.05, 0.1) is 0 Å². The lowest BCUT2D eigenvalue weighted by atomic mass is 9.51. The van der Waals surface area contributed by atoms with Gasteiger partial charge in [-0.25, -0.2) is 0 Å². The number of allylic oxidation sites excluding steroid dienone is 1. The Morgan fingerprint density at radius 1 is 1.08 bits per heavy atom. The summed E-state index contributed by atoms with van der Waals surface area (Å²) in [5, 5.41) is 0. The summed E-state index contributed by atoms with van der Waals surface area (Å²) in [5.74, 6) is 3.00. The molecule has 3 nitrogen and oxygen atoms in total. The molecule has 4 rings (SSSR count). The van der Waals surface area contributed by atoms with E-state index >= 15 is 0 Å². The van der Waals surface area contributed by atoms with Crippen molar-refractivity contribution < 1.29 is 14.3 Å². The normalized spacial score (nSPS) is 47.3. The number of fused-ring (bicyclic) bond motifs is 5. The Bertz CT molecular complexity index is 606. The molecule has 0 saturated heterocycles. The molecule has 4 aliphatic rings. The minimum absolute atomic E-state index is 0.117. The molecule has 6 atom stereocenters. The van der Waals surface area contributed by atoms with E-state index < -0.39 is 0 Å². The molecule has 0 aromatic heterocycles. The third kappa shape index (κ3) is 2.23. The zero-order valence-corrected chi connectivity index (χ0v) is 15.3. The topological polar surface area (TPSA) is 43.4 Å². The van der Waals surface area contributed by atoms with Crippen LogP contribution in [0.3, 0.4) is 0 Å². The lowest BCUT2D eigenvalue weighted by Crippen LogP contribution is -2.53. The van der Waals surface area contributed by atoms with Gasteiger partial charge >= 0.3 is 5.97 Å². The van der Waals surface area contributed by atoms with Gasteiger partial charge in [0.1, 0.15) is 5.60 Å². The predicted octanol–water partition coefficient (Wildman–Crippen LogP) is 4.45. The second-order valence-corrected chi connectivity index (χ2v) is 9.12. The van der Waals surface area contributed by atoms with E-state index in [-0.39, 0.29) is 17.0 Å². The van der Waals surface area contributed by atoms with E-state index in [1.54, 1.807) is 6.92 Å². The van der Waals surface area contributed by atoms with Gasteiger partial charge in [-0.2, -0.15) is 0 Å². The number of rotatable bonds is 1. The fourth-order valence-electron chi connectivity index (χ4n) is 6.89. The van der Waals surface area contributed by atoms with E-state index in [0.717, 1.165) is 43.9 Å². The van der Waals surface area contributed by atoms with Crippen molar-refractivity contribution in [2.24, 2.45) is 29.1 Å². The molecule has 0 heterocycles. The largest absolute Gasteiger partial charge is 0.459 e. The molecule has 3 fully saturated rings. The van der Waals surface area contributed by atoms with Crippen molar-refractivity contribution in [2.45, 2.75) is 77.7 Å². The van der Waals surface area contributed by atoms with Gasteiger partial charge in [0.2, 0.25) is 0 Å². The van der Waals surface area contributed by atoms with E-state index in [9.17, 15) is 9.59 Å². The van der Waals surface area contributed by atoms with E-state index in [0.29, 0.717) is 17.6 Å². The van der Waals surface area contributed by atoms with Crippen LogP contribution in [-0.4, -0.2) is 17.4 Å². The molecule has 0 unspecified atom stereocenters. The van der Waals surface area contributed by atoms with Crippen LogP contribution in [0.1, 0.15) is 72.1 Å². The SMILES string of the molecule is CC(=O)O[C@@]1(C)CC[C@@H]2[C@H]3CCC4=CC(=O)CC[C@@H]4[C@@H]3CC[C@@]21C. The number of ketones is 1. The number of esters is 1. The maximum atomic E-state index is 11.8. The number of hydrogen-bond acceptors (Lipinski definition) is 3. The molecule has 132 valence electrons. The lowest BCUT2D eigenvalue weighted by molar-refractivity contribution is -0.176. The third-order valence-corrected chi connectivity index (χ3v) is 8.20. The monoisotopic (exact) mass is 330 g/mol. The average molecular weight is 330 g/mol. The highest BCUT2D eigenvalue weighted by Crippen LogP contribution is 2.65. The molecular weight excluding hydrogens is 300 g/mol. The zero-order chi connectivity index (χ0) is 17.1. The van der Waals surface area contributed by atoms with Crippen molar-refractivity contribution >= 4 is 11.8 Å². The molecule has 0 amide bonds. The molecule has 4 aliphatic carbocycles. The summed E-state index contributed by atoms with van der Waals surface area (Å²) in [6.45, 7) is 6.09. The Labute approximate surface area is 145 Å².